The Morgan fingerprint density at radius 3 is 2.90 bits per heavy atom. The molecule has 0 aromatic rings. The molecule has 1 rings (SSSR count). The van der Waals surface area contributed by atoms with Crippen molar-refractivity contribution in [3.63, 3.8) is 0 Å². The second kappa shape index (κ2) is 3.75. The third kappa shape index (κ3) is 2.13. The van der Waals surface area contributed by atoms with Crippen molar-refractivity contribution >= 4 is 5.78 Å². The number of carbonyl (C=O) groups is 1. The Morgan fingerprint density at radius 2 is 2.40 bits per heavy atom. The zero-order chi connectivity index (χ0) is 7.40. The molecular formula is C9H15O. The Bertz CT molecular complexity index is 118. The number of hydrogen-bond acceptors (Lipinski definition) is 1. The van der Waals surface area contributed by atoms with Crippen LogP contribution in [-0.2, 0) is 4.79 Å². The van der Waals surface area contributed by atoms with Crippen molar-refractivity contribution in [2.45, 2.75) is 38.5 Å². The van der Waals surface area contributed by atoms with Gasteiger partial charge in [0, 0.05) is 12.8 Å². The Kier molecular flexibility index (Phi) is 2.91. The van der Waals surface area contributed by atoms with Gasteiger partial charge in [0.15, 0.2) is 0 Å². The van der Waals surface area contributed by atoms with Crippen molar-refractivity contribution in [3.8, 4) is 0 Å². The highest BCUT2D eigenvalue weighted by Crippen LogP contribution is 2.26. The zero-order valence-electron chi connectivity index (χ0n) is 6.44. The van der Waals surface area contributed by atoms with Gasteiger partial charge in [-0.25, -0.2) is 0 Å². The lowest BCUT2D eigenvalue weighted by atomic mass is 10.0. The van der Waals surface area contributed by atoms with Crippen LogP contribution in [0.5, 0.6) is 0 Å². The van der Waals surface area contributed by atoms with E-state index in [1.165, 1.54) is 12.8 Å². The Balaban J connectivity index is 2.12. The molecule has 0 spiro atoms. The van der Waals surface area contributed by atoms with E-state index in [-0.39, 0.29) is 0 Å². The SMILES string of the molecule is [CH2]CCCC1CCC(=O)C1. The molecule has 1 unspecified atom stereocenters. The first-order valence-electron chi connectivity index (χ1n) is 4.14. The second-order valence-corrected chi connectivity index (χ2v) is 3.14. The lowest BCUT2D eigenvalue weighted by Crippen LogP contribution is -1.94. The summed E-state index contributed by atoms with van der Waals surface area (Å²) < 4.78 is 0. The lowest BCUT2D eigenvalue weighted by Gasteiger charge is -2.04. The number of hydrogen-bond donors (Lipinski definition) is 0. The summed E-state index contributed by atoms with van der Waals surface area (Å²) in [6.07, 6.45) is 6.25. The van der Waals surface area contributed by atoms with Gasteiger partial charge in [0.1, 0.15) is 5.78 Å². The van der Waals surface area contributed by atoms with E-state index in [9.17, 15) is 4.79 Å². The fraction of sp³-hybridized carbons (Fsp3) is 0.778. The Labute approximate surface area is 62.8 Å². The molecule has 0 aliphatic heterocycles. The van der Waals surface area contributed by atoms with Crippen molar-refractivity contribution in [3.05, 3.63) is 6.92 Å². The largest absolute Gasteiger partial charge is 0.300 e. The predicted molar refractivity (Wildman–Crippen MR) is 41.6 cm³/mol. The van der Waals surface area contributed by atoms with Crippen LogP contribution in [0.4, 0.5) is 0 Å². The van der Waals surface area contributed by atoms with Crippen molar-refractivity contribution < 1.29 is 4.79 Å². The highest BCUT2D eigenvalue weighted by Gasteiger charge is 2.20. The van der Waals surface area contributed by atoms with Crippen molar-refractivity contribution in [1.82, 2.24) is 0 Å². The lowest BCUT2D eigenvalue weighted by molar-refractivity contribution is -0.117. The summed E-state index contributed by atoms with van der Waals surface area (Å²) in [6, 6.07) is 0. The van der Waals surface area contributed by atoms with E-state index < -0.39 is 0 Å². The van der Waals surface area contributed by atoms with E-state index in [1.54, 1.807) is 0 Å². The molecule has 1 saturated carbocycles. The molecule has 1 aliphatic rings. The molecule has 0 aromatic heterocycles. The van der Waals surface area contributed by atoms with E-state index in [0.717, 1.165) is 25.7 Å². The average Bonchev–Trinajstić information content (AvgIpc) is 2.31. The normalized spacial score (nSPS) is 25.7. The average molecular weight is 139 g/mol. The number of unbranched alkanes of at least 4 members (excludes halogenated alkanes) is 1. The minimum Gasteiger partial charge on any atom is -0.300 e. The van der Waals surface area contributed by atoms with Gasteiger partial charge < -0.3 is 0 Å². The third-order valence-electron chi connectivity index (χ3n) is 2.21. The van der Waals surface area contributed by atoms with E-state index >= 15 is 0 Å². The third-order valence-corrected chi connectivity index (χ3v) is 2.21. The number of rotatable bonds is 3. The van der Waals surface area contributed by atoms with E-state index in [2.05, 4.69) is 6.92 Å². The van der Waals surface area contributed by atoms with Gasteiger partial charge >= 0.3 is 0 Å². The predicted octanol–water partition coefficient (Wildman–Crippen LogP) is 2.36. The van der Waals surface area contributed by atoms with Gasteiger partial charge in [0.2, 0.25) is 0 Å². The summed E-state index contributed by atoms with van der Waals surface area (Å²) in [4.78, 5) is 10.8. The fourth-order valence-corrected chi connectivity index (χ4v) is 1.57. The van der Waals surface area contributed by atoms with Crippen molar-refractivity contribution in [2.24, 2.45) is 5.92 Å². The van der Waals surface area contributed by atoms with Crippen LogP contribution in [0, 0.1) is 12.8 Å². The standard InChI is InChI=1S/C9H15O/c1-2-3-4-8-5-6-9(10)7-8/h8H,1-7H2. The van der Waals surface area contributed by atoms with Crippen LogP contribution >= 0.6 is 0 Å². The summed E-state index contributed by atoms with van der Waals surface area (Å²) in [7, 11) is 0. The van der Waals surface area contributed by atoms with Gasteiger partial charge in [-0.15, -0.1) is 0 Å². The van der Waals surface area contributed by atoms with Crippen LogP contribution < -0.4 is 0 Å². The molecular weight excluding hydrogens is 124 g/mol. The smallest absolute Gasteiger partial charge is 0.133 e. The van der Waals surface area contributed by atoms with E-state index in [4.69, 9.17) is 0 Å². The van der Waals surface area contributed by atoms with Crippen LogP contribution in [0.15, 0.2) is 0 Å². The molecule has 0 aromatic carbocycles. The molecule has 0 bridgehead atoms. The molecule has 0 saturated heterocycles. The summed E-state index contributed by atoms with van der Waals surface area (Å²) >= 11 is 0. The van der Waals surface area contributed by atoms with Crippen LogP contribution in [0.3, 0.4) is 0 Å². The number of carbonyl (C=O) groups excluding carboxylic acids is 1. The van der Waals surface area contributed by atoms with Crippen LogP contribution in [0.1, 0.15) is 38.5 Å². The van der Waals surface area contributed by atoms with Crippen molar-refractivity contribution in [1.29, 1.82) is 0 Å². The zero-order valence-corrected chi connectivity index (χ0v) is 6.44. The minimum absolute atomic E-state index is 0.467. The molecule has 0 N–H and O–H groups in total. The van der Waals surface area contributed by atoms with Crippen LogP contribution in [0.25, 0.3) is 0 Å². The summed E-state index contributed by atoms with van der Waals surface area (Å²) in [5, 5.41) is 0. The maximum atomic E-state index is 10.8. The van der Waals surface area contributed by atoms with Gasteiger partial charge in [-0.1, -0.05) is 26.2 Å². The first-order valence-corrected chi connectivity index (χ1v) is 4.14. The molecule has 1 fully saturated rings. The molecule has 1 atom stereocenters. The highest BCUT2D eigenvalue weighted by atomic mass is 16.1. The molecule has 0 heterocycles. The van der Waals surface area contributed by atoms with Gasteiger partial charge in [0.25, 0.3) is 0 Å². The molecule has 1 aliphatic carbocycles. The first kappa shape index (κ1) is 7.77. The van der Waals surface area contributed by atoms with Gasteiger partial charge in [0.05, 0.1) is 0 Å². The quantitative estimate of drug-likeness (QED) is 0.586. The minimum atomic E-state index is 0.467. The van der Waals surface area contributed by atoms with Crippen LogP contribution in [0.2, 0.25) is 0 Å². The van der Waals surface area contributed by atoms with Crippen molar-refractivity contribution in [2.75, 3.05) is 0 Å². The first-order chi connectivity index (χ1) is 4.83. The molecule has 57 valence electrons. The summed E-state index contributed by atoms with van der Waals surface area (Å²) in [5.41, 5.74) is 0. The fourth-order valence-electron chi connectivity index (χ4n) is 1.57. The second-order valence-electron chi connectivity index (χ2n) is 3.14. The maximum absolute atomic E-state index is 10.8. The van der Waals surface area contributed by atoms with Gasteiger partial charge in [-0.3, -0.25) is 4.79 Å². The molecule has 0 amide bonds. The Morgan fingerprint density at radius 1 is 1.60 bits per heavy atom. The summed E-state index contributed by atoms with van der Waals surface area (Å²) in [5.74, 6) is 1.17. The van der Waals surface area contributed by atoms with E-state index in [1.807, 2.05) is 0 Å². The summed E-state index contributed by atoms with van der Waals surface area (Å²) in [6.45, 7) is 3.78. The molecule has 1 heteroatoms. The topological polar surface area (TPSA) is 17.1 Å². The van der Waals surface area contributed by atoms with Crippen LogP contribution in [-0.4, -0.2) is 5.78 Å². The molecule has 10 heavy (non-hydrogen) atoms. The monoisotopic (exact) mass is 139 g/mol. The molecule has 1 radical (unpaired) electrons. The van der Waals surface area contributed by atoms with Gasteiger partial charge in [-0.05, 0) is 12.3 Å². The van der Waals surface area contributed by atoms with Gasteiger partial charge in [-0.2, -0.15) is 0 Å². The molecule has 1 nitrogen and oxygen atoms in total. The van der Waals surface area contributed by atoms with E-state index in [0.29, 0.717) is 11.7 Å². The number of Topliss-reactive ketones (excluding diaryl/α,β-unsaturated/α-hetero) is 1. The maximum Gasteiger partial charge on any atom is 0.133 e. The Hall–Kier alpha value is -0.330. The number of ketones is 1. The highest BCUT2D eigenvalue weighted by molar-refractivity contribution is 5.80.